The maximum Gasteiger partial charge on any atom is 0.118 e. The molecule has 2 heterocycles. The summed E-state index contributed by atoms with van der Waals surface area (Å²) in [5.41, 5.74) is 1.47. The molecule has 5 heteroatoms. The van der Waals surface area contributed by atoms with Crippen molar-refractivity contribution in [3.05, 3.63) is 11.8 Å². The monoisotopic (exact) mass is 291 g/mol. The molecule has 3 aliphatic rings. The third-order valence-corrected chi connectivity index (χ3v) is 4.85. The van der Waals surface area contributed by atoms with E-state index >= 15 is 0 Å². The normalized spacial score (nSPS) is 40.7. The third kappa shape index (κ3) is 3.30. The van der Waals surface area contributed by atoms with Crippen LogP contribution in [0, 0.1) is 11.8 Å². The molecular weight excluding hydrogens is 262 g/mol. The van der Waals surface area contributed by atoms with E-state index < -0.39 is 0 Å². The van der Waals surface area contributed by atoms with Crippen LogP contribution in [0.5, 0.6) is 0 Å². The topological polar surface area (TPSA) is 42.9 Å². The lowest BCUT2D eigenvalue weighted by atomic mass is 9.92. The Morgan fingerprint density at radius 1 is 1.33 bits per heavy atom. The van der Waals surface area contributed by atoms with Crippen LogP contribution in [0.1, 0.15) is 33.6 Å². The Labute approximate surface area is 128 Å². The van der Waals surface area contributed by atoms with Gasteiger partial charge in [0.2, 0.25) is 0 Å². The van der Waals surface area contributed by atoms with Gasteiger partial charge in [0.05, 0.1) is 12.5 Å². The van der Waals surface area contributed by atoms with Crippen molar-refractivity contribution in [2.45, 2.75) is 45.9 Å². The van der Waals surface area contributed by atoms with E-state index in [1.54, 1.807) is 0 Å². The smallest absolute Gasteiger partial charge is 0.118 e. The van der Waals surface area contributed by atoms with Crippen molar-refractivity contribution in [2.75, 3.05) is 26.8 Å². The highest BCUT2D eigenvalue weighted by Crippen LogP contribution is 2.37. The number of nitrogens with zero attached hydrogens (tertiary/aromatic N) is 3. The second kappa shape index (κ2) is 6.07. The zero-order valence-corrected chi connectivity index (χ0v) is 13.8. The lowest BCUT2D eigenvalue weighted by Gasteiger charge is -2.44. The lowest BCUT2D eigenvalue weighted by molar-refractivity contribution is -0.0193. The molecule has 0 aromatic carbocycles. The van der Waals surface area contributed by atoms with Crippen molar-refractivity contribution < 1.29 is 0 Å². The van der Waals surface area contributed by atoms with Crippen LogP contribution in [0.4, 0.5) is 0 Å². The van der Waals surface area contributed by atoms with E-state index in [-0.39, 0.29) is 0 Å². The molecule has 2 fully saturated rings. The number of likely N-dealkylation sites (tertiary alicyclic amines) is 1. The summed E-state index contributed by atoms with van der Waals surface area (Å²) < 4.78 is 0. The zero-order valence-electron chi connectivity index (χ0n) is 13.8. The van der Waals surface area contributed by atoms with Gasteiger partial charge in [0.1, 0.15) is 6.29 Å². The average Bonchev–Trinajstić information content (AvgIpc) is 3.17. The van der Waals surface area contributed by atoms with Crippen molar-refractivity contribution in [1.29, 1.82) is 0 Å². The van der Waals surface area contributed by atoms with Crippen LogP contribution in [-0.2, 0) is 0 Å². The summed E-state index contributed by atoms with van der Waals surface area (Å²) in [6.07, 6.45) is 4.87. The molecule has 0 aromatic heterocycles. The van der Waals surface area contributed by atoms with E-state index in [9.17, 15) is 0 Å². The minimum atomic E-state index is 0.310. The van der Waals surface area contributed by atoms with E-state index in [2.05, 4.69) is 46.3 Å². The summed E-state index contributed by atoms with van der Waals surface area (Å²) in [5.74, 6) is 2.57. The summed E-state index contributed by atoms with van der Waals surface area (Å²) in [7, 11) is 2.08. The Morgan fingerprint density at radius 2 is 2.05 bits per heavy atom. The van der Waals surface area contributed by atoms with Gasteiger partial charge >= 0.3 is 0 Å². The van der Waals surface area contributed by atoms with Crippen LogP contribution < -0.4 is 10.6 Å². The zero-order chi connectivity index (χ0) is 15.0. The number of hydrogen-bond donors (Lipinski definition) is 2. The largest absolute Gasteiger partial charge is 0.361 e. The maximum atomic E-state index is 4.45. The quantitative estimate of drug-likeness (QED) is 0.825. The molecular formula is C16H29N5. The maximum absolute atomic E-state index is 4.45. The Kier molecular flexibility index (Phi) is 4.33. The van der Waals surface area contributed by atoms with Crippen molar-refractivity contribution >= 4 is 5.84 Å². The molecule has 0 spiro atoms. The summed E-state index contributed by atoms with van der Waals surface area (Å²) >= 11 is 0. The summed E-state index contributed by atoms with van der Waals surface area (Å²) in [4.78, 5) is 9.61. The third-order valence-electron chi connectivity index (χ3n) is 4.85. The highest BCUT2D eigenvalue weighted by molar-refractivity contribution is 5.80. The number of hydrogen-bond acceptors (Lipinski definition) is 5. The van der Waals surface area contributed by atoms with E-state index in [1.807, 2.05) is 13.1 Å². The highest BCUT2D eigenvalue weighted by atomic mass is 15.5. The van der Waals surface area contributed by atoms with Gasteiger partial charge in [-0.3, -0.25) is 15.1 Å². The van der Waals surface area contributed by atoms with E-state index in [1.165, 1.54) is 25.1 Å². The van der Waals surface area contributed by atoms with Crippen LogP contribution in [0.2, 0.25) is 0 Å². The van der Waals surface area contributed by atoms with Gasteiger partial charge < -0.3 is 5.32 Å². The van der Waals surface area contributed by atoms with Gasteiger partial charge in [0.25, 0.3) is 0 Å². The van der Waals surface area contributed by atoms with Crippen molar-refractivity contribution in [1.82, 2.24) is 20.4 Å². The molecule has 1 aliphatic carbocycles. The molecule has 1 saturated heterocycles. The first kappa shape index (κ1) is 15.0. The van der Waals surface area contributed by atoms with E-state index in [4.69, 9.17) is 0 Å². The van der Waals surface area contributed by atoms with E-state index in [0.29, 0.717) is 12.3 Å². The number of amidine groups is 1. The molecule has 118 valence electrons. The average molecular weight is 291 g/mol. The van der Waals surface area contributed by atoms with Crippen molar-refractivity contribution in [2.24, 2.45) is 16.8 Å². The predicted molar refractivity (Wildman–Crippen MR) is 86.8 cm³/mol. The Balaban J connectivity index is 1.74. The number of fused-ring (bicyclic) bond motifs is 1. The SMILES string of the molecule is CNC(N1CC(C)CC(C)C1)N1CN/C(C)=N\C=C2\C[C@H]21. The fourth-order valence-electron chi connectivity index (χ4n) is 3.90. The summed E-state index contributed by atoms with van der Waals surface area (Å²) in [6, 6.07) is 0.555. The molecule has 4 atom stereocenters. The standard InChI is InChI=1S/C16H29N5/c1-11-5-12(2)9-20(8-11)16(17-4)21-10-19-13(3)18-7-14-6-15(14)21/h7,11-12,15-17H,5-6,8-10H2,1-4H3,(H,18,19)/b14-7-/t11?,12?,15-,16?/m1/s1. The van der Waals surface area contributed by atoms with Crippen LogP contribution >= 0.6 is 0 Å². The van der Waals surface area contributed by atoms with Gasteiger partial charge in [-0.2, -0.15) is 0 Å². The molecule has 2 N–H and O–H groups in total. The second-order valence-corrected chi connectivity index (χ2v) is 7.05. The first-order valence-electron chi connectivity index (χ1n) is 8.22. The molecule has 3 rings (SSSR count). The fourth-order valence-corrected chi connectivity index (χ4v) is 3.90. The second-order valence-electron chi connectivity index (χ2n) is 7.05. The Bertz CT molecular complexity index is 434. The van der Waals surface area contributed by atoms with Crippen molar-refractivity contribution in [3.63, 3.8) is 0 Å². The van der Waals surface area contributed by atoms with Crippen LogP contribution in [0.25, 0.3) is 0 Å². The predicted octanol–water partition coefficient (Wildman–Crippen LogP) is 1.40. The fraction of sp³-hybridized carbons (Fsp3) is 0.812. The van der Waals surface area contributed by atoms with Crippen LogP contribution in [0.3, 0.4) is 0 Å². The van der Waals surface area contributed by atoms with Gasteiger partial charge in [0, 0.05) is 25.3 Å². The molecule has 1 saturated carbocycles. The molecule has 21 heavy (non-hydrogen) atoms. The minimum absolute atomic E-state index is 0.310. The Morgan fingerprint density at radius 3 is 2.71 bits per heavy atom. The summed E-state index contributed by atoms with van der Waals surface area (Å²) in [6.45, 7) is 10.0. The van der Waals surface area contributed by atoms with Crippen LogP contribution in [-0.4, -0.2) is 54.8 Å². The first-order chi connectivity index (χ1) is 10.1. The molecule has 0 aromatic rings. The Hall–Kier alpha value is -0.910. The molecule has 3 unspecified atom stereocenters. The lowest BCUT2D eigenvalue weighted by Crippen LogP contribution is -2.61. The number of piperidine rings is 1. The van der Waals surface area contributed by atoms with Gasteiger partial charge in [-0.05, 0) is 44.2 Å². The van der Waals surface area contributed by atoms with Crippen LogP contribution in [0.15, 0.2) is 16.8 Å². The minimum Gasteiger partial charge on any atom is -0.361 e. The summed E-state index contributed by atoms with van der Waals surface area (Å²) in [5, 5.41) is 6.98. The first-order valence-corrected chi connectivity index (χ1v) is 8.22. The van der Waals surface area contributed by atoms with Gasteiger partial charge in [-0.25, -0.2) is 4.99 Å². The molecule has 0 amide bonds. The van der Waals surface area contributed by atoms with Crippen molar-refractivity contribution in [3.8, 4) is 0 Å². The number of nitrogens with one attached hydrogen (secondary N) is 2. The molecule has 0 bridgehead atoms. The molecule has 2 aliphatic heterocycles. The number of aliphatic imine (C=N–C) groups is 1. The number of rotatable bonds is 3. The molecule has 0 radical (unpaired) electrons. The molecule has 5 nitrogen and oxygen atoms in total. The van der Waals surface area contributed by atoms with Gasteiger partial charge in [0.15, 0.2) is 0 Å². The highest BCUT2D eigenvalue weighted by Gasteiger charge is 2.42. The van der Waals surface area contributed by atoms with E-state index in [0.717, 1.165) is 30.8 Å². The van der Waals surface area contributed by atoms with Gasteiger partial charge in [-0.15, -0.1) is 0 Å². The van der Waals surface area contributed by atoms with Gasteiger partial charge in [-0.1, -0.05) is 13.8 Å².